The molecular formula is C18H21N5O2. The lowest BCUT2D eigenvalue weighted by atomic mass is 10.1. The molecule has 0 bridgehead atoms. The zero-order valence-corrected chi connectivity index (χ0v) is 14.3. The fourth-order valence-corrected chi connectivity index (χ4v) is 3.23. The van der Waals surface area contributed by atoms with Crippen molar-refractivity contribution in [2.45, 2.75) is 45.2 Å². The maximum Gasteiger partial charge on any atom is 0.231 e. The fourth-order valence-electron chi connectivity index (χ4n) is 3.23. The fraction of sp³-hybridized carbons (Fsp3) is 0.444. The van der Waals surface area contributed by atoms with Crippen LogP contribution in [-0.4, -0.2) is 31.7 Å². The normalized spacial score (nSPS) is 18.0. The highest BCUT2D eigenvalue weighted by molar-refractivity contribution is 5.18. The summed E-state index contributed by atoms with van der Waals surface area (Å²) in [6.45, 7) is 3.62. The van der Waals surface area contributed by atoms with E-state index in [1.165, 1.54) is 0 Å². The second-order valence-corrected chi connectivity index (χ2v) is 6.30. The molecule has 7 heteroatoms. The summed E-state index contributed by atoms with van der Waals surface area (Å²) in [5.41, 5.74) is 1.16. The molecule has 3 aromatic rings. The van der Waals surface area contributed by atoms with Gasteiger partial charge in [0.2, 0.25) is 11.8 Å². The molecule has 1 saturated heterocycles. The van der Waals surface area contributed by atoms with Crippen LogP contribution in [0.5, 0.6) is 0 Å². The topological polar surface area (TPSA) is 81.1 Å². The van der Waals surface area contributed by atoms with Crippen molar-refractivity contribution in [3.8, 4) is 0 Å². The third-order valence-corrected chi connectivity index (χ3v) is 4.50. The SMILES string of the molecule is CCc1nc([C@@H]2CCCN2Cc2noc(Cc3ccccc3)n2)no1. The number of hydrogen-bond acceptors (Lipinski definition) is 7. The van der Waals surface area contributed by atoms with Crippen molar-refractivity contribution in [3.05, 3.63) is 59.3 Å². The molecule has 4 rings (SSSR count). The minimum atomic E-state index is 0.167. The lowest BCUT2D eigenvalue weighted by molar-refractivity contribution is 0.225. The number of aryl methyl sites for hydroxylation is 1. The van der Waals surface area contributed by atoms with Crippen molar-refractivity contribution in [2.24, 2.45) is 0 Å². The van der Waals surface area contributed by atoms with Gasteiger partial charge in [0.05, 0.1) is 19.0 Å². The Labute approximate surface area is 146 Å². The molecule has 3 heterocycles. The van der Waals surface area contributed by atoms with Gasteiger partial charge in [0.1, 0.15) is 0 Å². The highest BCUT2D eigenvalue weighted by atomic mass is 16.5. The minimum Gasteiger partial charge on any atom is -0.339 e. The number of aromatic nitrogens is 4. The Morgan fingerprint density at radius 2 is 1.92 bits per heavy atom. The first kappa shape index (κ1) is 16.0. The molecule has 0 amide bonds. The van der Waals surface area contributed by atoms with Gasteiger partial charge in [-0.3, -0.25) is 4.90 Å². The predicted octanol–water partition coefficient (Wildman–Crippen LogP) is 2.94. The Morgan fingerprint density at radius 3 is 2.72 bits per heavy atom. The van der Waals surface area contributed by atoms with Crippen LogP contribution in [0.15, 0.2) is 39.4 Å². The van der Waals surface area contributed by atoms with Crippen LogP contribution in [0.3, 0.4) is 0 Å². The van der Waals surface area contributed by atoms with Crippen LogP contribution in [0.4, 0.5) is 0 Å². The van der Waals surface area contributed by atoms with Gasteiger partial charge >= 0.3 is 0 Å². The van der Waals surface area contributed by atoms with Crippen LogP contribution < -0.4 is 0 Å². The monoisotopic (exact) mass is 339 g/mol. The van der Waals surface area contributed by atoms with Crippen molar-refractivity contribution in [2.75, 3.05) is 6.54 Å². The van der Waals surface area contributed by atoms with Crippen molar-refractivity contribution >= 4 is 0 Å². The standard InChI is InChI=1S/C18H21N5O2/c1-2-16-20-18(22-24-16)14-9-6-10-23(14)12-15-19-17(25-21-15)11-13-7-4-3-5-8-13/h3-5,7-8,14H,2,6,9-12H2,1H3/t14-/m0/s1. The van der Waals surface area contributed by atoms with Gasteiger partial charge in [-0.05, 0) is 24.9 Å². The van der Waals surface area contributed by atoms with Crippen molar-refractivity contribution in [1.82, 2.24) is 25.2 Å². The quantitative estimate of drug-likeness (QED) is 0.683. The zero-order valence-electron chi connectivity index (χ0n) is 14.3. The first-order valence-corrected chi connectivity index (χ1v) is 8.73. The summed E-state index contributed by atoms with van der Waals surface area (Å²) < 4.78 is 10.7. The number of rotatable bonds is 6. The van der Waals surface area contributed by atoms with Gasteiger partial charge in [0.25, 0.3) is 0 Å². The van der Waals surface area contributed by atoms with E-state index in [0.717, 1.165) is 37.2 Å². The molecule has 1 fully saturated rings. The van der Waals surface area contributed by atoms with E-state index in [2.05, 4.69) is 37.3 Å². The maximum atomic E-state index is 5.40. The third kappa shape index (κ3) is 3.61. The summed E-state index contributed by atoms with van der Waals surface area (Å²) >= 11 is 0. The van der Waals surface area contributed by atoms with Crippen LogP contribution in [0.25, 0.3) is 0 Å². The van der Waals surface area contributed by atoms with Gasteiger partial charge < -0.3 is 9.05 Å². The molecule has 0 N–H and O–H groups in total. The van der Waals surface area contributed by atoms with E-state index in [1.54, 1.807) is 0 Å². The highest BCUT2D eigenvalue weighted by Gasteiger charge is 2.30. The van der Waals surface area contributed by atoms with E-state index in [-0.39, 0.29) is 6.04 Å². The summed E-state index contributed by atoms with van der Waals surface area (Å²) in [6, 6.07) is 10.3. The summed E-state index contributed by atoms with van der Waals surface area (Å²) in [5.74, 6) is 2.80. The molecule has 0 saturated carbocycles. The van der Waals surface area contributed by atoms with Gasteiger partial charge in [-0.1, -0.05) is 47.6 Å². The molecule has 1 aliphatic heterocycles. The van der Waals surface area contributed by atoms with Crippen LogP contribution in [0.1, 0.15) is 54.8 Å². The summed E-state index contributed by atoms with van der Waals surface area (Å²) in [7, 11) is 0. The van der Waals surface area contributed by atoms with Gasteiger partial charge in [-0.15, -0.1) is 0 Å². The van der Waals surface area contributed by atoms with Crippen molar-refractivity contribution in [3.63, 3.8) is 0 Å². The highest BCUT2D eigenvalue weighted by Crippen LogP contribution is 2.31. The Morgan fingerprint density at radius 1 is 1.08 bits per heavy atom. The minimum absolute atomic E-state index is 0.167. The van der Waals surface area contributed by atoms with Crippen LogP contribution in [-0.2, 0) is 19.4 Å². The van der Waals surface area contributed by atoms with E-state index in [1.807, 2.05) is 25.1 Å². The Kier molecular flexibility index (Phi) is 4.56. The molecule has 1 atom stereocenters. The Hall–Kier alpha value is -2.54. The molecule has 0 radical (unpaired) electrons. The third-order valence-electron chi connectivity index (χ3n) is 4.50. The van der Waals surface area contributed by atoms with E-state index in [9.17, 15) is 0 Å². The maximum absolute atomic E-state index is 5.40. The van der Waals surface area contributed by atoms with Crippen LogP contribution in [0.2, 0.25) is 0 Å². The lowest BCUT2D eigenvalue weighted by Crippen LogP contribution is -2.24. The average Bonchev–Trinajstić information content (AvgIpc) is 3.37. The van der Waals surface area contributed by atoms with Gasteiger partial charge in [0.15, 0.2) is 11.6 Å². The van der Waals surface area contributed by atoms with E-state index in [0.29, 0.717) is 30.6 Å². The summed E-state index contributed by atoms with van der Waals surface area (Å²) in [6.07, 6.45) is 3.54. The molecule has 1 aliphatic rings. The average molecular weight is 339 g/mol. The molecule has 7 nitrogen and oxygen atoms in total. The zero-order chi connectivity index (χ0) is 17.1. The molecule has 130 valence electrons. The molecule has 0 spiro atoms. The molecule has 2 aromatic heterocycles. The van der Waals surface area contributed by atoms with Crippen molar-refractivity contribution in [1.29, 1.82) is 0 Å². The van der Waals surface area contributed by atoms with E-state index < -0.39 is 0 Å². The second-order valence-electron chi connectivity index (χ2n) is 6.30. The molecular weight excluding hydrogens is 318 g/mol. The summed E-state index contributed by atoms with van der Waals surface area (Å²) in [5, 5.41) is 8.26. The number of nitrogens with zero attached hydrogens (tertiary/aromatic N) is 5. The lowest BCUT2D eigenvalue weighted by Gasteiger charge is -2.19. The van der Waals surface area contributed by atoms with Gasteiger partial charge in [-0.2, -0.15) is 9.97 Å². The first-order valence-electron chi connectivity index (χ1n) is 8.73. The summed E-state index contributed by atoms with van der Waals surface area (Å²) in [4.78, 5) is 11.3. The largest absolute Gasteiger partial charge is 0.339 e. The molecule has 1 aromatic carbocycles. The van der Waals surface area contributed by atoms with E-state index in [4.69, 9.17) is 9.05 Å². The van der Waals surface area contributed by atoms with E-state index >= 15 is 0 Å². The van der Waals surface area contributed by atoms with Gasteiger partial charge in [-0.25, -0.2) is 0 Å². The first-order chi connectivity index (χ1) is 12.3. The van der Waals surface area contributed by atoms with Crippen molar-refractivity contribution < 1.29 is 9.05 Å². The molecule has 25 heavy (non-hydrogen) atoms. The molecule has 0 aliphatic carbocycles. The molecule has 0 unspecified atom stereocenters. The number of likely N-dealkylation sites (tertiary alicyclic amines) is 1. The van der Waals surface area contributed by atoms with Gasteiger partial charge in [0, 0.05) is 6.42 Å². The smallest absolute Gasteiger partial charge is 0.231 e. The van der Waals surface area contributed by atoms with Crippen LogP contribution in [0, 0.1) is 0 Å². The van der Waals surface area contributed by atoms with Crippen LogP contribution >= 0.6 is 0 Å². The second kappa shape index (κ2) is 7.14. The Bertz CT molecular complexity index is 814. The number of hydrogen-bond donors (Lipinski definition) is 0. The number of benzene rings is 1. The predicted molar refractivity (Wildman–Crippen MR) is 89.6 cm³/mol. The Balaban J connectivity index is 1.43.